The minimum Gasteiger partial charge on any atom is -0.322 e. The number of piperazine rings is 1. The van der Waals surface area contributed by atoms with Crippen LogP contribution >= 0.6 is 0 Å². The van der Waals surface area contributed by atoms with Gasteiger partial charge >= 0.3 is 6.03 Å². The number of halogens is 1. The van der Waals surface area contributed by atoms with Crippen LogP contribution in [-0.2, 0) is 10.0 Å². The Morgan fingerprint density at radius 1 is 1.00 bits per heavy atom. The maximum absolute atomic E-state index is 12.9. The number of amides is 2. The zero-order chi connectivity index (χ0) is 20.1. The average molecular weight is 403 g/mol. The molecule has 6 nitrogen and oxygen atoms in total. The summed E-state index contributed by atoms with van der Waals surface area (Å²) in [7, 11) is -3.55. The number of sulfonamides is 1. The lowest BCUT2D eigenvalue weighted by molar-refractivity contribution is 0.175. The summed E-state index contributed by atoms with van der Waals surface area (Å²) in [5.74, 6) is -0.320. The first-order chi connectivity index (χ1) is 13.4. The van der Waals surface area contributed by atoms with Gasteiger partial charge < -0.3 is 10.2 Å². The van der Waals surface area contributed by atoms with Crippen molar-refractivity contribution in [3.05, 3.63) is 71.7 Å². The Labute approximate surface area is 164 Å². The molecule has 1 saturated heterocycles. The maximum Gasteiger partial charge on any atom is 0.321 e. The first-order valence-electron chi connectivity index (χ1n) is 8.91. The quantitative estimate of drug-likeness (QED) is 0.854. The van der Waals surface area contributed by atoms with Crippen LogP contribution in [0.15, 0.2) is 59.6 Å². The molecule has 2 aromatic rings. The second-order valence-electron chi connectivity index (χ2n) is 6.54. The summed E-state index contributed by atoms with van der Waals surface area (Å²) >= 11 is 0. The summed E-state index contributed by atoms with van der Waals surface area (Å²) < 4.78 is 39.7. The van der Waals surface area contributed by atoms with Crippen molar-refractivity contribution in [1.82, 2.24) is 14.5 Å². The van der Waals surface area contributed by atoms with E-state index in [1.54, 1.807) is 47.4 Å². The van der Waals surface area contributed by atoms with Crippen molar-refractivity contribution >= 4 is 22.1 Å². The van der Waals surface area contributed by atoms with Crippen molar-refractivity contribution < 1.29 is 17.6 Å². The molecule has 0 unspecified atom stereocenters. The average Bonchev–Trinajstić information content (AvgIpc) is 2.70. The molecule has 1 N–H and O–H groups in total. The lowest BCUT2D eigenvalue weighted by Crippen LogP contribution is -2.52. The molecule has 1 aliphatic rings. The van der Waals surface area contributed by atoms with E-state index in [9.17, 15) is 17.6 Å². The fourth-order valence-electron chi connectivity index (χ4n) is 2.87. The topological polar surface area (TPSA) is 69.7 Å². The van der Waals surface area contributed by atoms with Crippen LogP contribution in [0.5, 0.6) is 0 Å². The summed E-state index contributed by atoms with van der Waals surface area (Å²) in [6.07, 6.45) is 3.15. The minimum atomic E-state index is -3.55. The largest absolute Gasteiger partial charge is 0.322 e. The molecule has 0 atom stereocenters. The van der Waals surface area contributed by atoms with Crippen molar-refractivity contribution in [2.24, 2.45) is 0 Å². The maximum atomic E-state index is 12.9. The Balaban J connectivity index is 1.53. The number of hydrogen-bond acceptors (Lipinski definition) is 3. The van der Waals surface area contributed by atoms with Crippen LogP contribution in [0, 0.1) is 12.7 Å². The molecule has 3 rings (SSSR count). The van der Waals surface area contributed by atoms with Gasteiger partial charge in [0.25, 0.3) is 0 Å². The summed E-state index contributed by atoms with van der Waals surface area (Å²) in [6, 6.07) is 12.3. The van der Waals surface area contributed by atoms with Crippen molar-refractivity contribution in [2.75, 3.05) is 26.2 Å². The molecule has 2 aromatic carbocycles. The van der Waals surface area contributed by atoms with Crippen LogP contribution in [-0.4, -0.2) is 49.8 Å². The molecular formula is C20H22FN3O3S. The van der Waals surface area contributed by atoms with Gasteiger partial charge in [-0.3, -0.25) is 0 Å². The van der Waals surface area contributed by atoms with Gasteiger partial charge in [-0.15, -0.1) is 0 Å². The summed E-state index contributed by atoms with van der Waals surface area (Å²) in [5, 5.41) is 2.65. The number of aryl methyl sites for hydroxylation is 1. The number of urea groups is 1. The van der Waals surface area contributed by atoms with Crippen LogP contribution in [0.4, 0.5) is 9.18 Å². The highest BCUT2D eigenvalue weighted by Gasteiger charge is 2.29. The van der Waals surface area contributed by atoms with Crippen molar-refractivity contribution in [3.63, 3.8) is 0 Å². The van der Waals surface area contributed by atoms with E-state index < -0.39 is 10.0 Å². The van der Waals surface area contributed by atoms with Crippen LogP contribution < -0.4 is 5.32 Å². The van der Waals surface area contributed by atoms with E-state index in [0.29, 0.717) is 13.1 Å². The molecule has 0 saturated carbocycles. The van der Waals surface area contributed by atoms with Crippen LogP contribution in [0.3, 0.4) is 0 Å². The van der Waals surface area contributed by atoms with E-state index in [-0.39, 0.29) is 29.8 Å². The highest BCUT2D eigenvalue weighted by molar-refractivity contribution is 7.89. The van der Waals surface area contributed by atoms with Crippen molar-refractivity contribution in [3.8, 4) is 0 Å². The number of nitrogens with zero attached hydrogens (tertiary/aromatic N) is 2. The number of rotatable bonds is 4. The predicted molar refractivity (Wildman–Crippen MR) is 105 cm³/mol. The second kappa shape index (κ2) is 8.53. The van der Waals surface area contributed by atoms with Gasteiger partial charge in [0, 0.05) is 32.4 Å². The number of nitrogens with one attached hydrogen (secondary N) is 1. The predicted octanol–water partition coefficient (Wildman–Crippen LogP) is 2.82. The normalized spacial score (nSPS) is 15.7. The van der Waals surface area contributed by atoms with Gasteiger partial charge in [-0.05, 0) is 42.8 Å². The molecule has 0 spiro atoms. The van der Waals surface area contributed by atoms with Crippen LogP contribution in [0.25, 0.3) is 6.08 Å². The first kappa shape index (κ1) is 20.0. The van der Waals surface area contributed by atoms with E-state index in [1.165, 1.54) is 22.6 Å². The first-order valence-corrected chi connectivity index (χ1v) is 10.3. The number of benzene rings is 2. The smallest absolute Gasteiger partial charge is 0.321 e. The molecule has 148 valence electrons. The number of carbonyl (C=O) groups is 1. The van der Waals surface area contributed by atoms with Crippen molar-refractivity contribution in [2.45, 2.75) is 11.8 Å². The Hall–Kier alpha value is -2.71. The Morgan fingerprint density at radius 3 is 2.21 bits per heavy atom. The molecule has 0 bridgehead atoms. The van der Waals surface area contributed by atoms with E-state index in [1.807, 2.05) is 6.92 Å². The fraction of sp³-hybridized carbons (Fsp3) is 0.250. The van der Waals surface area contributed by atoms with Crippen molar-refractivity contribution in [1.29, 1.82) is 0 Å². The molecule has 28 heavy (non-hydrogen) atoms. The highest BCUT2D eigenvalue weighted by atomic mass is 32.2. The molecule has 0 radical (unpaired) electrons. The summed E-state index contributed by atoms with van der Waals surface area (Å²) in [6.45, 7) is 3.00. The van der Waals surface area contributed by atoms with E-state index in [0.717, 1.165) is 11.1 Å². The van der Waals surface area contributed by atoms with Gasteiger partial charge in [-0.1, -0.05) is 29.8 Å². The Morgan fingerprint density at radius 2 is 1.61 bits per heavy atom. The molecule has 8 heteroatoms. The van der Waals surface area contributed by atoms with Gasteiger partial charge in [0.2, 0.25) is 10.0 Å². The molecule has 1 heterocycles. The van der Waals surface area contributed by atoms with Gasteiger partial charge in [-0.25, -0.2) is 17.6 Å². The van der Waals surface area contributed by atoms with Gasteiger partial charge in [0.15, 0.2) is 0 Å². The third-order valence-electron chi connectivity index (χ3n) is 4.54. The zero-order valence-corrected chi connectivity index (χ0v) is 16.3. The van der Waals surface area contributed by atoms with E-state index >= 15 is 0 Å². The van der Waals surface area contributed by atoms with E-state index in [4.69, 9.17) is 0 Å². The SMILES string of the molecule is Cc1ccc(S(=O)(=O)N2CCN(C(=O)N/C=C/c3ccc(F)cc3)CC2)cc1. The molecule has 1 aliphatic heterocycles. The minimum absolute atomic E-state index is 0.241. The third-order valence-corrected chi connectivity index (χ3v) is 6.45. The number of hydrogen-bond donors (Lipinski definition) is 1. The fourth-order valence-corrected chi connectivity index (χ4v) is 4.29. The Bertz CT molecular complexity index is 949. The second-order valence-corrected chi connectivity index (χ2v) is 8.48. The van der Waals surface area contributed by atoms with Crippen LogP contribution in [0.2, 0.25) is 0 Å². The standard InChI is InChI=1S/C20H22FN3O3S/c1-16-2-8-19(9-3-16)28(26,27)24-14-12-23(13-15-24)20(25)22-11-10-17-4-6-18(21)7-5-17/h2-11H,12-15H2,1H3,(H,22,25)/b11-10+. The van der Waals surface area contributed by atoms with Gasteiger partial charge in [-0.2, -0.15) is 4.31 Å². The van der Waals surface area contributed by atoms with Gasteiger partial charge in [0.05, 0.1) is 4.90 Å². The van der Waals surface area contributed by atoms with E-state index in [2.05, 4.69) is 5.32 Å². The number of carbonyl (C=O) groups excluding carboxylic acids is 1. The summed E-state index contributed by atoms with van der Waals surface area (Å²) in [5.41, 5.74) is 1.75. The molecule has 2 amide bonds. The van der Waals surface area contributed by atoms with Crippen LogP contribution in [0.1, 0.15) is 11.1 Å². The zero-order valence-electron chi connectivity index (χ0n) is 15.5. The molecule has 0 aromatic heterocycles. The lowest BCUT2D eigenvalue weighted by atomic mass is 10.2. The molecule has 0 aliphatic carbocycles. The molecular weight excluding hydrogens is 381 g/mol. The Kier molecular flexibility index (Phi) is 6.11. The highest BCUT2D eigenvalue weighted by Crippen LogP contribution is 2.18. The third kappa shape index (κ3) is 4.76. The molecule has 1 fully saturated rings. The van der Waals surface area contributed by atoms with Gasteiger partial charge in [0.1, 0.15) is 5.82 Å². The monoisotopic (exact) mass is 403 g/mol. The summed E-state index contributed by atoms with van der Waals surface area (Å²) in [4.78, 5) is 14.1. The lowest BCUT2D eigenvalue weighted by Gasteiger charge is -2.33.